The van der Waals surface area contributed by atoms with E-state index in [-0.39, 0.29) is 18.0 Å². The van der Waals surface area contributed by atoms with Crippen LogP contribution in [0.15, 0.2) is 36.4 Å². The number of allylic oxidation sites excluding steroid dienone is 1. The van der Waals surface area contributed by atoms with Gasteiger partial charge in [0.2, 0.25) is 0 Å². The largest absolute Gasteiger partial charge is 0.459 e. The van der Waals surface area contributed by atoms with Crippen molar-refractivity contribution in [2.75, 3.05) is 0 Å². The number of halogens is 2. The van der Waals surface area contributed by atoms with Gasteiger partial charge in [-0.2, -0.15) is 0 Å². The fourth-order valence-corrected chi connectivity index (χ4v) is 3.76. The Morgan fingerprint density at radius 3 is 2.56 bits per heavy atom. The zero-order valence-electron chi connectivity index (χ0n) is 14.4. The summed E-state index contributed by atoms with van der Waals surface area (Å²) in [6.07, 6.45) is 8.89. The summed E-state index contributed by atoms with van der Waals surface area (Å²) in [5.74, 6) is -1.70. The third-order valence-electron chi connectivity index (χ3n) is 5.29. The van der Waals surface area contributed by atoms with Crippen molar-refractivity contribution < 1.29 is 18.3 Å². The van der Waals surface area contributed by atoms with Crippen molar-refractivity contribution in [1.82, 2.24) is 0 Å². The number of hydrogen-bond acceptors (Lipinski definition) is 2. The van der Waals surface area contributed by atoms with Crippen LogP contribution in [-0.4, -0.2) is 12.1 Å². The molecule has 1 aromatic rings. The maximum absolute atomic E-state index is 13.9. The van der Waals surface area contributed by atoms with Crippen LogP contribution in [0.4, 0.5) is 8.78 Å². The normalized spacial score (nSPS) is 21.5. The molecule has 0 aromatic heterocycles. The summed E-state index contributed by atoms with van der Waals surface area (Å²) in [5.41, 5.74) is 1.66. The molecule has 1 atom stereocenters. The fraction of sp³-hybridized carbons (Fsp3) is 0.476. The quantitative estimate of drug-likeness (QED) is 0.525. The summed E-state index contributed by atoms with van der Waals surface area (Å²) in [6, 6.07) is 4.21. The van der Waals surface area contributed by atoms with E-state index < -0.39 is 11.6 Å². The molecule has 2 nitrogen and oxygen atoms in total. The van der Waals surface area contributed by atoms with Gasteiger partial charge in [0.05, 0.1) is 0 Å². The molecule has 0 amide bonds. The molecule has 1 fully saturated rings. The Hall–Kier alpha value is -1.97. The van der Waals surface area contributed by atoms with Gasteiger partial charge in [-0.25, -0.2) is 13.6 Å². The van der Waals surface area contributed by atoms with Crippen molar-refractivity contribution in [3.63, 3.8) is 0 Å². The van der Waals surface area contributed by atoms with E-state index in [9.17, 15) is 13.6 Å². The van der Waals surface area contributed by atoms with Crippen LogP contribution >= 0.6 is 0 Å². The summed E-state index contributed by atoms with van der Waals surface area (Å²) in [6.45, 7) is 3.95. The zero-order chi connectivity index (χ0) is 17.8. The van der Waals surface area contributed by atoms with Gasteiger partial charge in [0.1, 0.15) is 6.10 Å². The Kier molecular flexibility index (Phi) is 5.67. The smallest absolute Gasteiger partial charge is 0.333 e. The highest BCUT2D eigenvalue weighted by atomic mass is 19.2. The lowest BCUT2D eigenvalue weighted by molar-refractivity contribution is -0.145. The van der Waals surface area contributed by atoms with Crippen LogP contribution in [0.2, 0.25) is 0 Å². The summed E-state index contributed by atoms with van der Waals surface area (Å²) >= 11 is 0. The predicted octanol–water partition coefficient (Wildman–Crippen LogP) is 5.58. The van der Waals surface area contributed by atoms with Gasteiger partial charge in [-0.05, 0) is 43.2 Å². The molecule has 134 valence electrons. The van der Waals surface area contributed by atoms with Crippen LogP contribution in [0.3, 0.4) is 0 Å². The third-order valence-corrected chi connectivity index (χ3v) is 5.29. The molecule has 2 aliphatic rings. The van der Waals surface area contributed by atoms with Gasteiger partial charge in [-0.3, -0.25) is 0 Å². The monoisotopic (exact) mass is 346 g/mol. The lowest BCUT2D eigenvalue weighted by Crippen LogP contribution is -2.24. The topological polar surface area (TPSA) is 26.3 Å². The third kappa shape index (κ3) is 4.17. The number of hydrogen-bond donors (Lipinski definition) is 0. The van der Waals surface area contributed by atoms with Gasteiger partial charge in [0.15, 0.2) is 11.6 Å². The first-order valence-corrected chi connectivity index (χ1v) is 9.09. The molecule has 0 N–H and O–H groups in total. The van der Waals surface area contributed by atoms with Gasteiger partial charge >= 0.3 is 5.97 Å². The van der Waals surface area contributed by atoms with E-state index in [2.05, 4.69) is 6.58 Å². The summed E-state index contributed by atoms with van der Waals surface area (Å²) in [5, 5.41) is 0. The van der Waals surface area contributed by atoms with Crippen molar-refractivity contribution in [3.05, 3.63) is 53.6 Å². The van der Waals surface area contributed by atoms with Crippen LogP contribution in [-0.2, 0) is 9.53 Å². The minimum absolute atomic E-state index is 0.215. The lowest BCUT2D eigenvalue weighted by Gasteiger charge is -2.26. The van der Waals surface area contributed by atoms with Crippen molar-refractivity contribution in [2.45, 2.75) is 57.5 Å². The standard InChI is InChI=1S/C21H24F2O2/c1-14(15-6-3-2-4-7-15)21(24)25-17-12-10-16(11-13-17)18-8-5-9-19(22)20(18)23/h5,8-10,15,17H,1-4,6-7,11-13H2. The summed E-state index contributed by atoms with van der Waals surface area (Å²) in [7, 11) is 0. The molecular formula is C21H24F2O2. The number of carbonyl (C=O) groups excluding carboxylic acids is 1. The number of ether oxygens (including phenoxy) is 1. The highest BCUT2D eigenvalue weighted by Crippen LogP contribution is 2.33. The Balaban J connectivity index is 1.58. The Morgan fingerprint density at radius 1 is 1.12 bits per heavy atom. The minimum atomic E-state index is -0.837. The van der Waals surface area contributed by atoms with Gasteiger partial charge in [0, 0.05) is 17.6 Å². The molecule has 0 bridgehead atoms. The first-order valence-electron chi connectivity index (χ1n) is 9.09. The summed E-state index contributed by atoms with van der Waals surface area (Å²) < 4.78 is 32.9. The van der Waals surface area contributed by atoms with Crippen LogP contribution in [0.5, 0.6) is 0 Å². The van der Waals surface area contributed by atoms with Crippen LogP contribution < -0.4 is 0 Å². The van der Waals surface area contributed by atoms with Gasteiger partial charge in [-0.1, -0.05) is 44.1 Å². The Labute approximate surface area is 147 Å². The molecule has 1 saturated carbocycles. The van der Waals surface area contributed by atoms with E-state index in [4.69, 9.17) is 4.74 Å². The average molecular weight is 346 g/mol. The highest BCUT2D eigenvalue weighted by Gasteiger charge is 2.26. The average Bonchev–Trinajstić information content (AvgIpc) is 2.65. The fourth-order valence-electron chi connectivity index (χ4n) is 3.76. The highest BCUT2D eigenvalue weighted by molar-refractivity contribution is 5.88. The maximum atomic E-state index is 13.9. The zero-order valence-corrected chi connectivity index (χ0v) is 14.4. The van der Waals surface area contributed by atoms with Crippen molar-refractivity contribution >= 4 is 11.5 Å². The van der Waals surface area contributed by atoms with Crippen LogP contribution in [0.1, 0.15) is 56.9 Å². The Bertz CT molecular complexity index is 687. The van der Waals surface area contributed by atoms with Crippen LogP contribution in [0.25, 0.3) is 5.57 Å². The van der Waals surface area contributed by atoms with E-state index in [1.54, 1.807) is 6.07 Å². The Morgan fingerprint density at radius 2 is 1.88 bits per heavy atom. The molecule has 0 saturated heterocycles. The summed E-state index contributed by atoms with van der Waals surface area (Å²) in [4.78, 5) is 12.3. The first kappa shape index (κ1) is 17.8. The van der Waals surface area contributed by atoms with Crippen molar-refractivity contribution in [3.8, 4) is 0 Å². The van der Waals surface area contributed by atoms with E-state index in [0.717, 1.165) is 37.3 Å². The molecule has 1 unspecified atom stereocenters. The second-order valence-electron chi connectivity index (χ2n) is 6.99. The van der Waals surface area contributed by atoms with Gasteiger partial charge < -0.3 is 4.74 Å². The second-order valence-corrected chi connectivity index (χ2v) is 6.99. The molecule has 0 aliphatic heterocycles. The molecule has 2 aliphatic carbocycles. The maximum Gasteiger partial charge on any atom is 0.333 e. The lowest BCUT2D eigenvalue weighted by atomic mass is 9.84. The molecule has 25 heavy (non-hydrogen) atoms. The van der Waals surface area contributed by atoms with Gasteiger partial charge in [-0.15, -0.1) is 0 Å². The molecule has 3 rings (SSSR count). The van der Waals surface area contributed by atoms with E-state index in [0.29, 0.717) is 30.4 Å². The molecule has 1 aromatic carbocycles. The minimum Gasteiger partial charge on any atom is -0.459 e. The number of benzene rings is 1. The van der Waals surface area contributed by atoms with Crippen molar-refractivity contribution in [2.24, 2.45) is 5.92 Å². The van der Waals surface area contributed by atoms with E-state index in [1.807, 2.05) is 6.08 Å². The molecule has 0 spiro atoms. The van der Waals surface area contributed by atoms with E-state index >= 15 is 0 Å². The number of esters is 1. The van der Waals surface area contributed by atoms with Crippen molar-refractivity contribution in [1.29, 1.82) is 0 Å². The molecule has 4 heteroatoms. The van der Waals surface area contributed by atoms with E-state index in [1.165, 1.54) is 12.5 Å². The first-order chi connectivity index (χ1) is 12.1. The number of carbonyl (C=O) groups is 1. The molecular weight excluding hydrogens is 322 g/mol. The second kappa shape index (κ2) is 7.94. The molecule has 0 radical (unpaired) electrons. The predicted molar refractivity (Wildman–Crippen MR) is 93.8 cm³/mol. The number of rotatable bonds is 4. The SMILES string of the molecule is C=C(C(=O)OC1CC=C(c2cccc(F)c2F)CC1)C1CCCCC1. The van der Waals surface area contributed by atoms with Crippen LogP contribution in [0, 0.1) is 17.6 Å². The van der Waals surface area contributed by atoms with Gasteiger partial charge in [0.25, 0.3) is 0 Å². The molecule has 0 heterocycles.